The minimum Gasteiger partial charge on any atom is -0.478 e. The van der Waals surface area contributed by atoms with Gasteiger partial charge in [0.2, 0.25) is 5.91 Å². The molecule has 0 bridgehead atoms. The molecule has 0 aliphatic heterocycles. The van der Waals surface area contributed by atoms with Gasteiger partial charge in [-0.05, 0) is 18.1 Å². The monoisotopic (exact) mass is 251 g/mol. The van der Waals surface area contributed by atoms with E-state index in [0.717, 1.165) is 0 Å². The molecule has 0 aromatic carbocycles. The summed E-state index contributed by atoms with van der Waals surface area (Å²) in [5.74, 6) is -0.693. The normalized spacial score (nSPS) is 10.2. The molecule has 1 amide bonds. The largest absolute Gasteiger partial charge is 0.478 e. The lowest BCUT2D eigenvalue weighted by atomic mass is 10.2. The fourth-order valence-electron chi connectivity index (χ4n) is 1.26. The van der Waals surface area contributed by atoms with E-state index < -0.39 is 5.97 Å². The van der Waals surface area contributed by atoms with Gasteiger partial charge in [-0.1, -0.05) is 13.8 Å². The number of amides is 1. The van der Waals surface area contributed by atoms with Crippen LogP contribution in [-0.4, -0.2) is 35.1 Å². The van der Waals surface area contributed by atoms with Gasteiger partial charge in [0.25, 0.3) is 0 Å². The topological polar surface area (TPSA) is 91.3 Å². The van der Waals surface area contributed by atoms with E-state index in [0.29, 0.717) is 12.5 Å². The van der Waals surface area contributed by atoms with Gasteiger partial charge in [0, 0.05) is 12.7 Å². The summed E-state index contributed by atoms with van der Waals surface area (Å²) in [6.07, 6.45) is 1.47. The summed E-state index contributed by atoms with van der Waals surface area (Å²) in [7, 11) is 0. The molecule has 1 heterocycles. The number of nitrogens with one attached hydrogen (secondary N) is 2. The third kappa shape index (κ3) is 4.40. The fraction of sp³-hybridized carbons (Fsp3) is 0.417. The van der Waals surface area contributed by atoms with E-state index in [4.69, 9.17) is 5.11 Å². The number of pyridine rings is 1. The van der Waals surface area contributed by atoms with Crippen LogP contribution in [0.25, 0.3) is 0 Å². The average Bonchev–Trinajstić information content (AvgIpc) is 2.34. The predicted molar refractivity (Wildman–Crippen MR) is 67.5 cm³/mol. The van der Waals surface area contributed by atoms with Crippen molar-refractivity contribution >= 4 is 17.7 Å². The summed E-state index contributed by atoms with van der Waals surface area (Å²) < 4.78 is 0. The summed E-state index contributed by atoms with van der Waals surface area (Å²) in [6.45, 7) is 4.59. The molecule has 0 atom stereocenters. The smallest absolute Gasteiger partial charge is 0.339 e. The summed E-state index contributed by atoms with van der Waals surface area (Å²) in [4.78, 5) is 26.2. The van der Waals surface area contributed by atoms with Crippen LogP contribution in [0.5, 0.6) is 0 Å². The van der Waals surface area contributed by atoms with E-state index in [1.54, 1.807) is 0 Å². The molecule has 0 unspecified atom stereocenters. The number of carbonyl (C=O) groups excluding carboxylic acids is 1. The molecular formula is C12H17N3O3. The van der Waals surface area contributed by atoms with Gasteiger partial charge in [-0.2, -0.15) is 0 Å². The predicted octanol–water partition coefficient (Wildman–Crippen LogP) is 0.964. The molecule has 1 rings (SSSR count). The van der Waals surface area contributed by atoms with Crippen molar-refractivity contribution in [3.05, 3.63) is 23.9 Å². The number of aromatic nitrogens is 1. The van der Waals surface area contributed by atoms with Crippen LogP contribution < -0.4 is 10.6 Å². The highest BCUT2D eigenvalue weighted by molar-refractivity contribution is 5.93. The number of carboxylic acids is 1. The van der Waals surface area contributed by atoms with Crippen LogP contribution in [0.3, 0.4) is 0 Å². The Bertz CT molecular complexity index is 432. The molecule has 18 heavy (non-hydrogen) atoms. The van der Waals surface area contributed by atoms with Crippen molar-refractivity contribution < 1.29 is 14.7 Å². The highest BCUT2D eigenvalue weighted by atomic mass is 16.4. The number of aromatic carboxylic acids is 1. The van der Waals surface area contributed by atoms with Crippen LogP contribution in [0, 0.1) is 5.92 Å². The Hall–Kier alpha value is -2.11. The lowest BCUT2D eigenvalue weighted by Gasteiger charge is -2.10. The zero-order valence-corrected chi connectivity index (χ0v) is 10.4. The minimum absolute atomic E-state index is 0.00398. The van der Waals surface area contributed by atoms with Gasteiger partial charge in [0.15, 0.2) is 0 Å². The number of anilines is 1. The maximum absolute atomic E-state index is 11.5. The zero-order valence-electron chi connectivity index (χ0n) is 10.4. The highest BCUT2D eigenvalue weighted by Gasteiger charge is 2.11. The Kier molecular flexibility index (Phi) is 5.10. The summed E-state index contributed by atoms with van der Waals surface area (Å²) in [5.41, 5.74) is 0.0501. The Balaban J connectivity index is 2.53. The van der Waals surface area contributed by atoms with Crippen molar-refractivity contribution in [2.75, 3.05) is 18.4 Å². The first-order valence-corrected chi connectivity index (χ1v) is 5.69. The van der Waals surface area contributed by atoms with Crippen molar-refractivity contribution in [1.29, 1.82) is 0 Å². The van der Waals surface area contributed by atoms with Gasteiger partial charge in [-0.3, -0.25) is 4.79 Å². The van der Waals surface area contributed by atoms with E-state index in [1.807, 2.05) is 13.8 Å². The fourth-order valence-corrected chi connectivity index (χ4v) is 1.26. The maximum atomic E-state index is 11.5. The van der Waals surface area contributed by atoms with Crippen molar-refractivity contribution in [3.8, 4) is 0 Å². The molecule has 6 heteroatoms. The Morgan fingerprint density at radius 2 is 2.17 bits per heavy atom. The molecule has 0 saturated heterocycles. The number of nitrogens with zero attached hydrogens (tertiary/aromatic N) is 1. The zero-order chi connectivity index (χ0) is 13.5. The molecule has 0 saturated carbocycles. The standard InChI is InChI=1S/C12H17N3O3/c1-8(2)6-14-10(16)7-15-11-9(12(17)18)4-3-5-13-11/h3-5,8H,6-7H2,1-2H3,(H,13,15)(H,14,16)(H,17,18). The second-order valence-corrected chi connectivity index (χ2v) is 4.26. The van der Waals surface area contributed by atoms with Crippen molar-refractivity contribution in [2.24, 2.45) is 5.92 Å². The molecule has 0 fully saturated rings. The van der Waals surface area contributed by atoms with Crippen LogP contribution in [0.1, 0.15) is 24.2 Å². The molecule has 6 nitrogen and oxygen atoms in total. The Morgan fingerprint density at radius 3 is 2.78 bits per heavy atom. The first-order valence-electron chi connectivity index (χ1n) is 5.69. The average molecular weight is 251 g/mol. The first-order chi connectivity index (χ1) is 8.50. The molecule has 0 aliphatic rings. The van der Waals surface area contributed by atoms with Crippen LogP contribution in [0.2, 0.25) is 0 Å². The van der Waals surface area contributed by atoms with Crippen LogP contribution >= 0.6 is 0 Å². The molecule has 3 N–H and O–H groups in total. The minimum atomic E-state index is -1.08. The van der Waals surface area contributed by atoms with Gasteiger partial charge >= 0.3 is 5.97 Å². The lowest BCUT2D eigenvalue weighted by molar-refractivity contribution is -0.119. The number of carboxylic acid groups (broad SMARTS) is 1. The maximum Gasteiger partial charge on any atom is 0.339 e. The molecule has 0 aliphatic carbocycles. The molecule has 1 aromatic rings. The molecule has 1 aromatic heterocycles. The Morgan fingerprint density at radius 1 is 1.44 bits per heavy atom. The molecule has 98 valence electrons. The summed E-state index contributed by atoms with van der Waals surface area (Å²) >= 11 is 0. The number of carbonyl (C=O) groups is 2. The second kappa shape index (κ2) is 6.58. The SMILES string of the molecule is CC(C)CNC(=O)CNc1ncccc1C(=O)O. The van der Waals surface area contributed by atoms with Gasteiger partial charge in [-0.25, -0.2) is 9.78 Å². The van der Waals surface area contributed by atoms with Crippen LogP contribution in [-0.2, 0) is 4.79 Å². The van der Waals surface area contributed by atoms with Crippen LogP contribution in [0.4, 0.5) is 5.82 Å². The number of hydrogen-bond acceptors (Lipinski definition) is 4. The quantitative estimate of drug-likeness (QED) is 0.700. The molecule has 0 radical (unpaired) electrons. The molecule has 0 spiro atoms. The van der Waals surface area contributed by atoms with E-state index >= 15 is 0 Å². The number of rotatable bonds is 6. The Labute approximate surface area is 105 Å². The highest BCUT2D eigenvalue weighted by Crippen LogP contribution is 2.10. The third-order valence-electron chi connectivity index (χ3n) is 2.16. The third-order valence-corrected chi connectivity index (χ3v) is 2.16. The molecular weight excluding hydrogens is 234 g/mol. The van der Waals surface area contributed by atoms with Crippen molar-refractivity contribution in [3.63, 3.8) is 0 Å². The van der Waals surface area contributed by atoms with Gasteiger partial charge in [0.1, 0.15) is 11.4 Å². The van der Waals surface area contributed by atoms with E-state index in [1.165, 1.54) is 18.3 Å². The van der Waals surface area contributed by atoms with E-state index in [2.05, 4.69) is 15.6 Å². The number of hydrogen-bond donors (Lipinski definition) is 3. The first kappa shape index (κ1) is 14.0. The summed E-state index contributed by atoms with van der Waals surface area (Å²) in [6, 6.07) is 2.97. The van der Waals surface area contributed by atoms with Crippen molar-refractivity contribution in [2.45, 2.75) is 13.8 Å². The van der Waals surface area contributed by atoms with Gasteiger partial charge in [-0.15, -0.1) is 0 Å². The van der Waals surface area contributed by atoms with Gasteiger partial charge in [0.05, 0.1) is 6.54 Å². The van der Waals surface area contributed by atoms with Crippen molar-refractivity contribution in [1.82, 2.24) is 10.3 Å². The second-order valence-electron chi connectivity index (χ2n) is 4.26. The lowest BCUT2D eigenvalue weighted by Crippen LogP contribution is -2.32. The summed E-state index contributed by atoms with van der Waals surface area (Å²) in [5, 5.41) is 14.4. The van der Waals surface area contributed by atoms with Crippen LogP contribution in [0.15, 0.2) is 18.3 Å². The van der Waals surface area contributed by atoms with E-state index in [9.17, 15) is 9.59 Å². The van der Waals surface area contributed by atoms with E-state index in [-0.39, 0.29) is 23.8 Å². The van der Waals surface area contributed by atoms with Gasteiger partial charge < -0.3 is 15.7 Å².